The fraction of sp³-hybridized carbons (Fsp3) is 0.889. The van der Waals surface area contributed by atoms with Crippen LogP contribution in [0.2, 0.25) is 0 Å². The van der Waals surface area contributed by atoms with Gasteiger partial charge in [0.2, 0.25) is 5.91 Å². The van der Waals surface area contributed by atoms with Crippen molar-refractivity contribution in [1.29, 1.82) is 0 Å². The van der Waals surface area contributed by atoms with Crippen LogP contribution >= 0.6 is 0 Å². The molecular weight excluding hydrogens is 154 g/mol. The molecule has 0 aromatic heterocycles. The predicted molar refractivity (Wildman–Crippen MR) is 46.8 cm³/mol. The molecule has 1 fully saturated rings. The van der Waals surface area contributed by atoms with Crippen LogP contribution in [0.4, 0.5) is 0 Å². The minimum atomic E-state index is 0.153. The third-order valence-electron chi connectivity index (χ3n) is 1.89. The Morgan fingerprint density at radius 3 is 2.92 bits per heavy atom. The zero-order chi connectivity index (χ0) is 8.97. The Kier molecular flexibility index (Phi) is 3.53. The van der Waals surface area contributed by atoms with Crippen LogP contribution in [0, 0.1) is 5.92 Å². The minimum Gasteiger partial charge on any atom is -0.379 e. The summed E-state index contributed by atoms with van der Waals surface area (Å²) >= 11 is 0. The monoisotopic (exact) mass is 171 g/mol. The van der Waals surface area contributed by atoms with E-state index in [1.807, 2.05) is 13.8 Å². The highest BCUT2D eigenvalue weighted by molar-refractivity contribution is 5.76. The Morgan fingerprint density at radius 2 is 2.42 bits per heavy atom. The molecule has 0 aromatic rings. The second kappa shape index (κ2) is 4.45. The first kappa shape index (κ1) is 9.52. The molecule has 12 heavy (non-hydrogen) atoms. The van der Waals surface area contributed by atoms with E-state index in [4.69, 9.17) is 4.74 Å². The van der Waals surface area contributed by atoms with Gasteiger partial charge in [-0.2, -0.15) is 0 Å². The van der Waals surface area contributed by atoms with Crippen molar-refractivity contribution in [3.63, 3.8) is 0 Å². The van der Waals surface area contributed by atoms with Gasteiger partial charge in [0.25, 0.3) is 0 Å². The van der Waals surface area contributed by atoms with Gasteiger partial charge in [-0.15, -0.1) is 0 Å². The largest absolute Gasteiger partial charge is 0.379 e. The second-order valence-electron chi connectivity index (χ2n) is 3.73. The maximum absolute atomic E-state index is 11.2. The van der Waals surface area contributed by atoms with E-state index in [9.17, 15) is 4.79 Å². The molecule has 3 nitrogen and oxygen atoms in total. The second-order valence-corrected chi connectivity index (χ2v) is 3.73. The van der Waals surface area contributed by atoms with Crippen molar-refractivity contribution in [1.82, 2.24) is 5.32 Å². The van der Waals surface area contributed by atoms with E-state index >= 15 is 0 Å². The summed E-state index contributed by atoms with van der Waals surface area (Å²) in [5.41, 5.74) is 0. The molecule has 1 heterocycles. The lowest BCUT2D eigenvalue weighted by Gasteiger charge is -2.11. The summed E-state index contributed by atoms with van der Waals surface area (Å²) in [7, 11) is 0. The number of hydrogen-bond donors (Lipinski definition) is 1. The normalized spacial score (nSPS) is 23.1. The molecule has 1 amide bonds. The van der Waals surface area contributed by atoms with Gasteiger partial charge in [-0.3, -0.25) is 4.79 Å². The van der Waals surface area contributed by atoms with Gasteiger partial charge in [0.1, 0.15) is 0 Å². The van der Waals surface area contributed by atoms with Crippen molar-refractivity contribution in [2.75, 3.05) is 13.2 Å². The van der Waals surface area contributed by atoms with E-state index in [1.54, 1.807) is 0 Å². The first-order valence-electron chi connectivity index (χ1n) is 4.55. The Hall–Kier alpha value is -0.570. The van der Waals surface area contributed by atoms with E-state index in [-0.39, 0.29) is 11.9 Å². The average molecular weight is 171 g/mol. The Labute approximate surface area is 73.5 Å². The average Bonchev–Trinajstić information content (AvgIpc) is 2.37. The van der Waals surface area contributed by atoms with E-state index in [0.29, 0.717) is 18.9 Å². The van der Waals surface area contributed by atoms with Gasteiger partial charge in [0.15, 0.2) is 0 Å². The van der Waals surface area contributed by atoms with E-state index in [2.05, 4.69) is 5.32 Å². The summed E-state index contributed by atoms with van der Waals surface area (Å²) in [5.74, 6) is 0.591. The summed E-state index contributed by atoms with van der Waals surface area (Å²) < 4.78 is 5.15. The zero-order valence-electron chi connectivity index (χ0n) is 7.80. The summed E-state index contributed by atoms with van der Waals surface area (Å²) in [6.45, 7) is 5.56. The lowest BCUT2D eigenvalue weighted by molar-refractivity contribution is -0.122. The van der Waals surface area contributed by atoms with Crippen molar-refractivity contribution in [3.8, 4) is 0 Å². The molecule has 1 rings (SSSR count). The van der Waals surface area contributed by atoms with Gasteiger partial charge >= 0.3 is 0 Å². The summed E-state index contributed by atoms with van der Waals surface area (Å²) in [5, 5.41) is 2.95. The molecule has 0 unspecified atom stereocenters. The highest BCUT2D eigenvalue weighted by Crippen LogP contribution is 2.05. The van der Waals surface area contributed by atoms with Crippen molar-refractivity contribution < 1.29 is 9.53 Å². The number of carbonyl (C=O) groups excluding carboxylic acids is 1. The van der Waals surface area contributed by atoms with Crippen LogP contribution in [0.1, 0.15) is 26.7 Å². The summed E-state index contributed by atoms with van der Waals surface area (Å²) in [6.07, 6.45) is 1.58. The highest BCUT2D eigenvalue weighted by atomic mass is 16.5. The molecule has 0 spiro atoms. The maximum Gasteiger partial charge on any atom is 0.220 e. The fourth-order valence-corrected chi connectivity index (χ4v) is 1.31. The molecule has 0 bridgehead atoms. The van der Waals surface area contributed by atoms with Crippen LogP contribution in [0.25, 0.3) is 0 Å². The van der Waals surface area contributed by atoms with E-state index in [1.165, 1.54) is 0 Å². The Morgan fingerprint density at radius 1 is 1.67 bits per heavy atom. The lowest BCUT2D eigenvalue weighted by Crippen LogP contribution is -2.35. The molecule has 1 saturated heterocycles. The van der Waals surface area contributed by atoms with Crippen molar-refractivity contribution in [2.24, 2.45) is 5.92 Å². The molecule has 1 N–H and O–H groups in total. The molecule has 1 aliphatic heterocycles. The standard InChI is InChI=1S/C9H17NO2/c1-7(2)5-9(11)10-8-3-4-12-6-8/h7-8H,3-6H2,1-2H3,(H,10,11)/t8-/m1/s1. The topological polar surface area (TPSA) is 38.3 Å². The fourth-order valence-electron chi connectivity index (χ4n) is 1.31. The number of hydrogen-bond acceptors (Lipinski definition) is 2. The number of carbonyl (C=O) groups is 1. The summed E-state index contributed by atoms with van der Waals surface area (Å²) in [6, 6.07) is 0.260. The third-order valence-corrected chi connectivity index (χ3v) is 1.89. The quantitative estimate of drug-likeness (QED) is 0.686. The minimum absolute atomic E-state index is 0.153. The van der Waals surface area contributed by atoms with Crippen LogP contribution in [0.5, 0.6) is 0 Å². The van der Waals surface area contributed by atoms with Gasteiger partial charge in [-0.1, -0.05) is 13.8 Å². The Bertz CT molecular complexity index is 151. The molecule has 1 atom stereocenters. The van der Waals surface area contributed by atoms with Crippen LogP contribution in [-0.2, 0) is 9.53 Å². The predicted octanol–water partition coefficient (Wildman–Crippen LogP) is 0.938. The molecule has 1 aliphatic rings. The van der Waals surface area contributed by atoms with Gasteiger partial charge in [0, 0.05) is 13.0 Å². The number of amides is 1. The molecular formula is C9H17NO2. The van der Waals surface area contributed by atoms with Crippen molar-refractivity contribution >= 4 is 5.91 Å². The van der Waals surface area contributed by atoms with E-state index in [0.717, 1.165) is 13.0 Å². The SMILES string of the molecule is CC(C)CC(=O)N[C@@H]1CCOC1. The van der Waals surface area contributed by atoms with Crippen molar-refractivity contribution in [3.05, 3.63) is 0 Å². The maximum atomic E-state index is 11.2. The van der Waals surface area contributed by atoms with Crippen LogP contribution in [0.3, 0.4) is 0 Å². The third kappa shape index (κ3) is 3.22. The van der Waals surface area contributed by atoms with Crippen molar-refractivity contribution in [2.45, 2.75) is 32.7 Å². The molecule has 0 aromatic carbocycles. The van der Waals surface area contributed by atoms with Gasteiger partial charge in [-0.25, -0.2) is 0 Å². The molecule has 0 radical (unpaired) electrons. The molecule has 3 heteroatoms. The number of ether oxygens (including phenoxy) is 1. The molecule has 0 saturated carbocycles. The first-order valence-corrected chi connectivity index (χ1v) is 4.55. The smallest absolute Gasteiger partial charge is 0.220 e. The highest BCUT2D eigenvalue weighted by Gasteiger charge is 2.17. The van der Waals surface area contributed by atoms with Crippen LogP contribution in [-0.4, -0.2) is 25.2 Å². The Balaban J connectivity index is 2.16. The van der Waals surface area contributed by atoms with Gasteiger partial charge < -0.3 is 10.1 Å². The lowest BCUT2D eigenvalue weighted by atomic mass is 10.1. The van der Waals surface area contributed by atoms with Gasteiger partial charge in [0.05, 0.1) is 12.6 Å². The van der Waals surface area contributed by atoms with Crippen LogP contribution in [0.15, 0.2) is 0 Å². The summed E-state index contributed by atoms with van der Waals surface area (Å²) in [4.78, 5) is 11.2. The van der Waals surface area contributed by atoms with Gasteiger partial charge in [-0.05, 0) is 12.3 Å². The number of nitrogens with one attached hydrogen (secondary N) is 1. The zero-order valence-corrected chi connectivity index (χ0v) is 7.80. The molecule has 70 valence electrons. The van der Waals surface area contributed by atoms with Crippen LogP contribution < -0.4 is 5.32 Å². The first-order chi connectivity index (χ1) is 5.68. The number of rotatable bonds is 3. The molecule has 0 aliphatic carbocycles. The van der Waals surface area contributed by atoms with E-state index < -0.39 is 0 Å².